The van der Waals surface area contributed by atoms with Crippen LogP contribution in [0.1, 0.15) is 11.1 Å². The Morgan fingerprint density at radius 1 is 0.900 bits per heavy atom. The lowest BCUT2D eigenvalue weighted by molar-refractivity contribution is 1.37. The lowest BCUT2D eigenvalue weighted by Crippen LogP contribution is -1.96. The van der Waals surface area contributed by atoms with Gasteiger partial charge in [0.15, 0.2) is 0 Å². The number of aliphatic imine (C=N–C) groups is 1. The molecule has 0 radical (unpaired) electrons. The van der Waals surface area contributed by atoms with Gasteiger partial charge in [0.05, 0.1) is 11.4 Å². The Balaban J connectivity index is 1.93. The first-order chi connectivity index (χ1) is 9.81. The van der Waals surface area contributed by atoms with Gasteiger partial charge in [0, 0.05) is 16.5 Å². The minimum Gasteiger partial charge on any atom is -0.252 e. The Morgan fingerprint density at radius 3 is 2.60 bits per heavy atom. The fourth-order valence-electron chi connectivity index (χ4n) is 2.89. The number of hydrogen-bond acceptors (Lipinski definition) is 1. The topological polar surface area (TPSA) is 12.4 Å². The average Bonchev–Trinajstić information content (AvgIpc) is 2.79. The van der Waals surface area contributed by atoms with Crippen LogP contribution in [0.25, 0.3) is 10.8 Å². The fraction of sp³-hybridized carbons (Fsp3) is 0.0556. The highest BCUT2D eigenvalue weighted by molar-refractivity contribution is 9.10. The molecule has 3 aromatic carbocycles. The largest absolute Gasteiger partial charge is 0.252 e. The molecule has 1 aliphatic carbocycles. The Labute approximate surface area is 126 Å². The maximum Gasteiger partial charge on any atom is 0.0633 e. The third kappa shape index (κ3) is 1.88. The second-order valence-electron chi connectivity index (χ2n) is 5.04. The molecule has 0 heterocycles. The number of nitrogens with zero attached hydrogens (tertiary/aromatic N) is 1. The van der Waals surface area contributed by atoms with Gasteiger partial charge < -0.3 is 0 Å². The molecule has 4 rings (SSSR count). The molecular formula is C18H12BrN. The molecular weight excluding hydrogens is 310 g/mol. The van der Waals surface area contributed by atoms with Crippen LogP contribution < -0.4 is 0 Å². The van der Waals surface area contributed by atoms with Gasteiger partial charge in [-0.05, 0) is 40.6 Å². The second kappa shape index (κ2) is 4.57. The van der Waals surface area contributed by atoms with Crippen molar-refractivity contribution >= 4 is 38.1 Å². The number of rotatable bonds is 1. The average molecular weight is 322 g/mol. The van der Waals surface area contributed by atoms with Gasteiger partial charge in [-0.3, -0.25) is 4.99 Å². The van der Waals surface area contributed by atoms with Crippen molar-refractivity contribution in [3.8, 4) is 0 Å². The van der Waals surface area contributed by atoms with E-state index in [0.29, 0.717) is 0 Å². The Bertz CT molecular complexity index is 835. The van der Waals surface area contributed by atoms with Crippen LogP contribution in [0.3, 0.4) is 0 Å². The molecule has 0 bridgehead atoms. The summed E-state index contributed by atoms with van der Waals surface area (Å²) in [4.78, 5) is 4.83. The summed E-state index contributed by atoms with van der Waals surface area (Å²) in [6.45, 7) is 0. The van der Waals surface area contributed by atoms with Crippen molar-refractivity contribution < 1.29 is 0 Å². The van der Waals surface area contributed by atoms with E-state index >= 15 is 0 Å². The van der Waals surface area contributed by atoms with Crippen LogP contribution in [-0.4, -0.2) is 5.71 Å². The summed E-state index contributed by atoms with van der Waals surface area (Å²) in [5.74, 6) is 0. The van der Waals surface area contributed by atoms with E-state index < -0.39 is 0 Å². The van der Waals surface area contributed by atoms with Crippen molar-refractivity contribution in [1.82, 2.24) is 0 Å². The van der Waals surface area contributed by atoms with Gasteiger partial charge in [-0.25, -0.2) is 0 Å². The zero-order valence-corrected chi connectivity index (χ0v) is 12.4. The first-order valence-corrected chi connectivity index (χ1v) is 7.45. The molecule has 1 nitrogen and oxygen atoms in total. The van der Waals surface area contributed by atoms with Gasteiger partial charge in [0.2, 0.25) is 0 Å². The highest BCUT2D eigenvalue weighted by Gasteiger charge is 2.20. The molecule has 0 spiro atoms. The van der Waals surface area contributed by atoms with E-state index in [2.05, 4.69) is 46.3 Å². The molecule has 0 fully saturated rings. The van der Waals surface area contributed by atoms with Crippen molar-refractivity contribution in [2.45, 2.75) is 6.42 Å². The predicted molar refractivity (Wildman–Crippen MR) is 88.0 cm³/mol. The molecule has 0 atom stereocenters. The smallest absolute Gasteiger partial charge is 0.0633 e. The molecule has 0 aliphatic heterocycles. The third-order valence-electron chi connectivity index (χ3n) is 3.71. The maximum atomic E-state index is 4.83. The van der Waals surface area contributed by atoms with Crippen LogP contribution in [-0.2, 0) is 6.42 Å². The normalized spacial score (nSPS) is 15.2. The van der Waals surface area contributed by atoms with Crippen molar-refractivity contribution in [3.05, 3.63) is 76.3 Å². The molecule has 0 unspecified atom stereocenters. The molecule has 0 aromatic heterocycles. The van der Waals surface area contributed by atoms with E-state index in [1.807, 2.05) is 30.3 Å². The molecule has 2 heteroatoms. The van der Waals surface area contributed by atoms with E-state index in [1.54, 1.807) is 0 Å². The zero-order valence-electron chi connectivity index (χ0n) is 10.8. The number of hydrogen-bond donors (Lipinski definition) is 0. The van der Waals surface area contributed by atoms with Gasteiger partial charge in [-0.1, -0.05) is 52.3 Å². The molecule has 0 saturated carbocycles. The molecule has 96 valence electrons. The van der Waals surface area contributed by atoms with Gasteiger partial charge in [-0.15, -0.1) is 0 Å². The predicted octanol–water partition coefficient (Wildman–Crippen LogP) is 5.28. The first-order valence-electron chi connectivity index (χ1n) is 6.65. The van der Waals surface area contributed by atoms with Gasteiger partial charge in [0.25, 0.3) is 0 Å². The lowest BCUT2D eigenvalue weighted by Gasteiger charge is -2.02. The Kier molecular flexibility index (Phi) is 2.71. The fourth-order valence-corrected chi connectivity index (χ4v) is 3.41. The standard InChI is InChI=1S/C18H12BrN/c19-14-9-12-5-4-8-16-17(11-13(10-14)18(12)16)20-15-6-2-1-3-7-15/h1-10H,11H2. The molecule has 3 aromatic rings. The van der Waals surface area contributed by atoms with E-state index in [4.69, 9.17) is 4.99 Å². The Hall–Kier alpha value is -1.93. The van der Waals surface area contributed by atoms with E-state index in [0.717, 1.165) is 22.3 Å². The van der Waals surface area contributed by atoms with E-state index in [1.165, 1.54) is 21.9 Å². The summed E-state index contributed by atoms with van der Waals surface area (Å²) < 4.78 is 1.14. The summed E-state index contributed by atoms with van der Waals surface area (Å²) in [5, 5.41) is 2.63. The molecule has 1 aliphatic rings. The molecule has 20 heavy (non-hydrogen) atoms. The van der Waals surface area contributed by atoms with E-state index in [-0.39, 0.29) is 0 Å². The van der Waals surface area contributed by atoms with Crippen molar-refractivity contribution in [2.24, 2.45) is 4.99 Å². The maximum absolute atomic E-state index is 4.83. The van der Waals surface area contributed by atoms with E-state index in [9.17, 15) is 0 Å². The summed E-state index contributed by atoms with van der Waals surface area (Å²) >= 11 is 3.59. The highest BCUT2D eigenvalue weighted by atomic mass is 79.9. The lowest BCUT2D eigenvalue weighted by atomic mass is 10.1. The van der Waals surface area contributed by atoms with Gasteiger partial charge >= 0.3 is 0 Å². The minimum absolute atomic E-state index is 0.907. The highest BCUT2D eigenvalue weighted by Crippen LogP contribution is 2.34. The summed E-state index contributed by atoms with van der Waals surface area (Å²) in [6, 6.07) is 21.0. The van der Waals surface area contributed by atoms with Crippen LogP contribution in [0.2, 0.25) is 0 Å². The van der Waals surface area contributed by atoms with Crippen molar-refractivity contribution in [2.75, 3.05) is 0 Å². The first kappa shape index (κ1) is 11.9. The van der Waals surface area contributed by atoms with Crippen LogP contribution in [0, 0.1) is 0 Å². The summed E-state index contributed by atoms with van der Waals surface area (Å²) in [7, 11) is 0. The molecule has 0 amide bonds. The van der Waals surface area contributed by atoms with Crippen LogP contribution in [0.15, 0.2) is 70.1 Å². The van der Waals surface area contributed by atoms with Gasteiger partial charge in [0.1, 0.15) is 0 Å². The molecule has 0 N–H and O–H groups in total. The Morgan fingerprint density at radius 2 is 1.75 bits per heavy atom. The van der Waals surface area contributed by atoms with Crippen LogP contribution in [0.5, 0.6) is 0 Å². The van der Waals surface area contributed by atoms with Crippen LogP contribution in [0.4, 0.5) is 5.69 Å². The monoisotopic (exact) mass is 321 g/mol. The number of para-hydroxylation sites is 1. The van der Waals surface area contributed by atoms with Crippen molar-refractivity contribution in [1.29, 1.82) is 0 Å². The minimum atomic E-state index is 0.907. The number of benzene rings is 3. The third-order valence-corrected chi connectivity index (χ3v) is 4.17. The second-order valence-corrected chi connectivity index (χ2v) is 5.96. The number of halogens is 1. The van der Waals surface area contributed by atoms with Crippen LogP contribution >= 0.6 is 15.9 Å². The quantitative estimate of drug-likeness (QED) is 0.578. The van der Waals surface area contributed by atoms with Crippen molar-refractivity contribution in [3.63, 3.8) is 0 Å². The summed E-state index contributed by atoms with van der Waals surface area (Å²) in [6.07, 6.45) is 0.907. The van der Waals surface area contributed by atoms with Gasteiger partial charge in [-0.2, -0.15) is 0 Å². The summed E-state index contributed by atoms with van der Waals surface area (Å²) in [5.41, 5.74) is 4.81. The zero-order chi connectivity index (χ0) is 13.5. The SMILES string of the molecule is Brc1cc2c3c(cccc3c1)C(=Nc1ccccc1)C2. The molecule has 0 saturated heterocycles.